The fraction of sp³-hybridized carbons (Fsp3) is 0.300. The van der Waals surface area contributed by atoms with Crippen molar-refractivity contribution in [2.45, 2.75) is 13.8 Å². The summed E-state index contributed by atoms with van der Waals surface area (Å²) in [6.07, 6.45) is 0. The van der Waals surface area contributed by atoms with Gasteiger partial charge in [0.2, 0.25) is 0 Å². The minimum atomic E-state index is 0.783. The van der Waals surface area contributed by atoms with Gasteiger partial charge in [-0.15, -0.1) is 0 Å². The fourth-order valence-corrected chi connectivity index (χ4v) is 1.64. The molecule has 0 N–H and O–H groups in total. The molecule has 3 heteroatoms. The Bertz CT molecular complexity index is 471. The van der Waals surface area contributed by atoms with Crippen LogP contribution in [0.5, 0.6) is 0 Å². The largest absolute Gasteiger partial charge is 0.331 e. The van der Waals surface area contributed by atoms with E-state index in [0.717, 1.165) is 27.4 Å². The van der Waals surface area contributed by atoms with E-state index in [9.17, 15) is 0 Å². The van der Waals surface area contributed by atoms with E-state index in [1.165, 1.54) is 0 Å². The van der Waals surface area contributed by atoms with E-state index < -0.39 is 0 Å². The molecule has 68 valence electrons. The van der Waals surface area contributed by atoms with Crippen molar-refractivity contribution in [3.63, 3.8) is 0 Å². The van der Waals surface area contributed by atoms with Gasteiger partial charge in [-0.2, -0.15) is 0 Å². The van der Waals surface area contributed by atoms with Crippen LogP contribution >= 0.6 is 11.6 Å². The lowest BCUT2D eigenvalue weighted by molar-refractivity contribution is 0.886. The Morgan fingerprint density at radius 1 is 1.31 bits per heavy atom. The standard InChI is InChI=1S/C10H11ClN2/c1-6-8(11)4-5-9-10(6)12-7(2)13(9)3/h4-5H,1-3H3. The van der Waals surface area contributed by atoms with E-state index in [1.807, 2.05) is 33.0 Å². The molecule has 0 aliphatic rings. The molecule has 2 rings (SSSR count). The molecule has 1 heterocycles. The number of hydrogen-bond donors (Lipinski definition) is 0. The van der Waals surface area contributed by atoms with Gasteiger partial charge in [-0.1, -0.05) is 11.6 Å². The summed E-state index contributed by atoms with van der Waals surface area (Å²) in [7, 11) is 2.01. The first-order valence-electron chi connectivity index (χ1n) is 4.19. The minimum Gasteiger partial charge on any atom is -0.331 e. The number of hydrogen-bond acceptors (Lipinski definition) is 1. The van der Waals surface area contributed by atoms with Crippen LogP contribution in [0.3, 0.4) is 0 Å². The van der Waals surface area contributed by atoms with Crippen molar-refractivity contribution < 1.29 is 0 Å². The SMILES string of the molecule is Cc1c(Cl)ccc2c1nc(C)n2C. The molecule has 0 bridgehead atoms. The van der Waals surface area contributed by atoms with Crippen molar-refractivity contribution >= 4 is 22.6 Å². The summed E-state index contributed by atoms with van der Waals surface area (Å²) in [6, 6.07) is 3.92. The van der Waals surface area contributed by atoms with Gasteiger partial charge in [-0.05, 0) is 31.5 Å². The molecule has 0 saturated carbocycles. The highest BCUT2D eigenvalue weighted by Gasteiger charge is 2.07. The predicted octanol–water partition coefficient (Wildman–Crippen LogP) is 2.84. The lowest BCUT2D eigenvalue weighted by Gasteiger charge is -1.99. The summed E-state index contributed by atoms with van der Waals surface area (Å²) in [5.41, 5.74) is 3.20. The second kappa shape index (κ2) is 2.74. The normalized spacial score (nSPS) is 11.1. The Labute approximate surface area is 82.1 Å². The van der Waals surface area contributed by atoms with Crippen LogP contribution in [0.15, 0.2) is 12.1 Å². The van der Waals surface area contributed by atoms with E-state index in [-0.39, 0.29) is 0 Å². The number of aromatic nitrogens is 2. The third-order valence-electron chi connectivity index (χ3n) is 2.46. The van der Waals surface area contributed by atoms with Crippen molar-refractivity contribution in [3.05, 3.63) is 28.5 Å². The zero-order valence-electron chi connectivity index (χ0n) is 7.93. The van der Waals surface area contributed by atoms with Crippen LogP contribution in [0.2, 0.25) is 5.02 Å². The first kappa shape index (κ1) is 8.57. The van der Waals surface area contributed by atoms with Crippen LogP contribution in [0.4, 0.5) is 0 Å². The number of fused-ring (bicyclic) bond motifs is 1. The number of benzene rings is 1. The van der Waals surface area contributed by atoms with Crippen LogP contribution in [-0.2, 0) is 7.05 Å². The highest BCUT2D eigenvalue weighted by molar-refractivity contribution is 6.32. The zero-order chi connectivity index (χ0) is 9.59. The molecule has 13 heavy (non-hydrogen) atoms. The summed E-state index contributed by atoms with van der Waals surface area (Å²) in [4.78, 5) is 4.45. The quantitative estimate of drug-likeness (QED) is 0.631. The van der Waals surface area contributed by atoms with Gasteiger partial charge in [0.05, 0.1) is 11.0 Å². The van der Waals surface area contributed by atoms with E-state index >= 15 is 0 Å². The topological polar surface area (TPSA) is 17.8 Å². The Balaban J connectivity index is 2.94. The number of rotatable bonds is 0. The van der Waals surface area contributed by atoms with E-state index in [4.69, 9.17) is 11.6 Å². The van der Waals surface area contributed by atoms with Gasteiger partial charge < -0.3 is 4.57 Å². The first-order valence-corrected chi connectivity index (χ1v) is 4.57. The summed E-state index contributed by atoms with van der Waals surface area (Å²) in [6.45, 7) is 3.99. The summed E-state index contributed by atoms with van der Waals surface area (Å²) >= 11 is 6.00. The third-order valence-corrected chi connectivity index (χ3v) is 2.87. The molecule has 0 atom stereocenters. The monoisotopic (exact) mass is 194 g/mol. The number of aryl methyl sites for hydroxylation is 3. The third kappa shape index (κ3) is 1.13. The maximum atomic E-state index is 6.00. The Kier molecular flexibility index (Phi) is 1.81. The summed E-state index contributed by atoms with van der Waals surface area (Å²) in [5.74, 6) is 1.01. The molecule has 0 amide bonds. The van der Waals surface area contributed by atoms with Gasteiger partial charge in [0.15, 0.2) is 0 Å². The van der Waals surface area contributed by atoms with Gasteiger partial charge in [-0.3, -0.25) is 0 Å². The maximum Gasteiger partial charge on any atom is 0.106 e. The summed E-state index contributed by atoms with van der Waals surface area (Å²) < 4.78 is 2.07. The van der Waals surface area contributed by atoms with Gasteiger partial charge in [0.1, 0.15) is 5.82 Å². The molecule has 1 aromatic carbocycles. The van der Waals surface area contributed by atoms with E-state index in [0.29, 0.717) is 0 Å². The van der Waals surface area contributed by atoms with Crippen molar-refractivity contribution in [2.75, 3.05) is 0 Å². The van der Waals surface area contributed by atoms with Crippen molar-refractivity contribution in [3.8, 4) is 0 Å². The molecule has 0 spiro atoms. The summed E-state index contributed by atoms with van der Waals surface area (Å²) in [5, 5.41) is 0.783. The van der Waals surface area contributed by atoms with Gasteiger partial charge >= 0.3 is 0 Å². The van der Waals surface area contributed by atoms with Gasteiger partial charge in [-0.25, -0.2) is 4.98 Å². The Hall–Kier alpha value is -1.02. The molecule has 0 unspecified atom stereocenters. The predicted molar refractivity (Wildman–Crippen MR) is 55.2 cm³/mol. The Morgan fingerprint density at radius 2 is 2.00 bits per heavy atom. The highest BCUT2D eigenvalue weighted by Crippen LogP contribution is 2.24. The maximum absolute atomic E-state index is 6.00. The number of nitrogens with zero attached hydrogens (tertiary/aromatic N) is 2. The second-order valence-corrected chi connectivity index (χ2v) is 3.67. The van der Waals surface area contributed by atoms with Crippen LogP contribution in [0.25, 0.3) is 11.0 Å². The molecule has 1 aromatic heterocycles. The average Bonchev–Trinajstić information content (AvgIpc) is 2.38. The van der Waals surface area contributed by atoms with Crippen molar-refractivity contribution in [1.29, 1.82) is 0 Å². The second-order valence-electron chi connectivity index (χ2n) is 3.26. The number of halogens is 1. The molecule has 0 saturated heterocycles. The van der Waals surface area contributed by atoms with Crippen LogP contribution in [0, 0.1) is 13.8 Å². The molecule has 0 fully saturated rings. The highest BCUT2D eigenvalue weighted by atomic mass is 35.5. The first-order chi connectivity index (χ1) is 6.11. The lowest BCUT2D eigenvalue weighted by Crippen LogP contribution is -1.89. The Morgan fingerprint density at radius 3 is 2.69 bits per heavy atom. The van der Waals surface area contributed by atoms with Gasteiger partial charge in [0.25, 0.3) is 0 Å². The van der Waals surface area contributed by atoms with E-state index in [1.54, 1.807) is 0 Å². The molecule has 0 aliphatic carbocycles. The lowest BCUT2D eigenvalue weighted by atomic mass is 10.2. The van der Waals surface area contributed by atoms with Gasteiger partial charge in [0, 0.05) is 12.1 Å². The molecular weight excluding hydrogens is 184 g/mol. The minimum absolute atomic E-state index is 0.783. The van der Waals surface area contributed by atoms with Crippen molar-refractivity contribution in [1.82, 2.24) is 9.55 Å². The smallest absolute Gasteiger partial charge is 0.106 e. The van der Waals surface area contributed by atoms with Crippen LogP contribution < -0.4 is 0 Å². The van der Waals surface area contributed by atoms with Crippen LogP contribution in [-0.4, -0.2) is 9.55 Å². The molecular formula is C10H11ClN2. The van der Waals surface area contributed by atoms with Crippen LogP contribution in [0.1, 0.15) is 11.4 Å². The molecule has 0 radical (unpaired) electrons. The molecule has 0 aliphatic heterocycles. The average molecular weight is 195 g/mol. The fourth-order valence-electron chi connectivity index (χ4n) is 1.48. The van der Waals surface area contributed by atoms with Crippen molar-refractivity contribution in [2.24, 2.45) is 7.05 Å². The molecule has 2 nitrogen and oxygen atoms in total. The number of imidazole rings is 1. The molecule has 2 aromatic rings. The van der Waals surface area contributed by atoms with E-state index in [2.05, 4.69) is 9.55 Å². The zero-order valence-corrected chi connectivity index (χ0v) is 8.68.